The number of benzene rings is 2. The third-order valence-corrected chi connectivity index (χ3v) is 6.67. The van der Waals surface area contributed by atoms with Crippen molar-refractivity contribution in [2.45, 2.75) is 88.6 Å². The summed E-state index contributed by atoms with van der Waals surface area (Å²) in [7, 11) is 0. The molecule has 0 heterocycles. The molecule has 69 heavy (non-hydrogen) atoms. The summed E-state index contributed by atoms with van der Waals surface area (Å²) in [5, 5.41) is 140. The topological polar surface area (TPSA) is 566 Å². The van der Waals surface area contributed by atoms with Gasteiger partial charge in [0.1, 0.15) is 6.10 Å². The van der Waals surface area contributed by atoms with Gasteiger partial charge < -0.3 is 86.8 Å². The highest BCUT2D eigenvalue weighted by molar-refractivity contribution is 6.01. The van der Waals surface area contributed by atoms with Crippen LogP contribution in [0.4, 0.5) is 0 Å². The minimum atomic E-state index is -2.74. The largest absolute Gasteiger partial charge is 0.481 e. The molecule has 0 radical (unpaired) electrons. The molecule has 30 nitrogen and oxygen atoms in total. The highest BCUT2D eigenvalue weighted by atomic mass is 16.4. The number of hydrogen-bond acceptors (Lipinski definition) is 17. The first-order chi connectivity index (χ1) is 31.6. The zero-order valence-electron chi connectivity index (χ0n) is 35.7. The second-order valence-corrected chi connectivity index (χ2v) is 12.5. The summed E-state index contributed by atoms with van der Waals surface area (Å²) in [6.07, 6.45) is -6.95. The maximum Gasteiger partial charge on any atom is 0.336 e. The summed E-state index contributed by atoms with van der Waals surface area (Å²) in [4.78, 5) is 130. The number of rotatable bonds is 21. The van der Waals surface area contributed by atoms with Crippen molar-refractivity contribution in [3.8, 4) is 0 Å². The van der Waals surface area contributed by atoms with E-state index in [1.165, 1.54) is 31.2 Å². The summed E-state index contributed by atoms with van der Waals surface area (Å²) in [6.45, 7) is 1.20. The van der Waals surface area contributed by atoms with Crippen LogP contribution in [-0.4, -0.2) is 188 Å². The van der Waals surface area contributed by atoms with Crippen LogP contribution in [0.3, 0.4) is 0 Å². The number of carboxylic acid groups (broad SMARTS) is 13. The van der Waals surface area contributed by atoms with Crippen molar-refractivity contribution < 1.29 is 149 Å². The lowest BCUT2D eigenvalue weighted by molar-refractivity contribution is -0.170. The Hall–Kier alpha value is -8.61. The summed E-state index contributed by atoms with van der Waals surface area (Å²) in [5.41, 5.74) is -2.79. The molecular weight excluding hydrogens is 948 g/mol. The SMILES string of the molecule is CC(O)C(=O)O.O=C(O)C(O)C(O)C(=O)O.O=C(O)CC(O)(CC(=O)O)C(=O)O.O=C(O)CCCC(=O)O.O=C(O)CCCCC(=O)O.O=C(O)c1ccccc1.O=C(O)c1ccccc1C(=O)O. The molecule has 2 aromatic rings. The quantitative estimate of drug-likeness (QED) is 0.0707. The fourth-order valence-electron chi connectivity index (χ4n) is 3.36. The predicted molar refractivity (Wildman–Crippen MR) is 220 cm³/mol. The van der Waals surface area contributed by atoms with Gasteiger partial charge in [0.25, 0.3) is 0 Å². The van der Waals surface area contributed by atoms with Crippen molar-refractivity contribution in [3.05, 3.63) is 71.3 Å². The van der Waals surface area contributed by atoms with Gasteiger partial charge in [-0.25, -0.2) is 33.6 Å². The normalized spacial score (nSPS) is 10.8. The van der Waals surface area contributed by atoms with Crippen LogP contribution in [0.2, 0.25) is 0 Å². The third kappa shape index (κ3) is 43.1. The summed E-state index contributed by atoms with van der Waals surface area (Å²) < 4.78 is 0. The second kappa shape index (κ2) is 38.6. The van der Waals surface area contributed by atoms with E-state index in [4.69, 9.17) is 86.8 Å². The number of aromatic carboxylic acids is 3. The molecule has 3 unspecified atom stereocenters. The van der Waals surface area contributed by atoms with E-state index in [2.05, 4.69) is 0 Å². The molecule has 0 aliphatic rings. The Bertz CT molecular complexity index is 1910. The zero-order chi connectivity index (χ0) is 55.2. The van der Waals surface area contributed by atoms with Gasteiger partial charge in [0.05, 0.1) is 29.5 Å². The van der Waals surface area contributed by atoms with E-state index in [0.717, 1.165) is 0 Å². The molecule has 30 heteroatoms. The molecule has 0 aliphatic heterocycles. The molecule has 0 aromatic heterocycles. The average molecular weight is 999 g/mol. The molecule has 386 valence electrons. The second-order valence-electron chi connectivity index (χ2n) is 12.5. The van der Waals surface area contributed by atoms with Crippen LogP contribution in [0.1, 0.15) is 95.8 Å². The number of carbonyl (C=O) groups is 13. The minimum absolute atomic E-state index is 0.0628. The smallest absolute Gasteiger partial charge is 0.336 e. The fraction of sp³-hybridized carbons (Fsp3) is 0.359. The molecule has 0 saturated carbocycles. The van der Waals surface area contributed by atoms with E-state index in [1.54, 1.807) is 30.3 Å². The van der Waals surface area contributed by atoms with E-state index in [1.807, 2.05) is 0 Å². The summed E-state index contributed by atoms with van der Waals surface area (Å²) in [6, 6.07) is 13.8. The third-order valence-electron chi connectivity index (χ3n) is 6.67. The molecule has 17 N–H and O–H groups in total. The van der Waals surface area contributed by atoms with Gasteiger partial charge in [0, 0.05) is 25.7 Å². The molecule has 0 fully saturated rings. The van der Waals surface area contributed by atoms with Crippen molar-refractivity contribution in [3.63, 3.8) is 0 Å². The Labute approximate surface area is 386 Å². The van der Waals surface area contributed by atoms with Gasteiger partial charge >= 0.3 is 77.6 Å². The molecule has 0 saturated heterocycles. The van der Waals surface area contributed by atoms with Gasteiger partial charge in [-0.1, -0.05) is 30.3 Å². The van der Waals surface area contributed by atoms with Gasteiger partial charge in [0.2, 0.25) is 0 Å². The summed E-state index contributed by atoms with van der Waals surface area (Å²) >= 11 is 0. The lowest BCUT2D eigenvalue weighted by Gasteiger charge is -2.18. The van der Waals surface area contributed by atoms with E-state index < -0.39 is 114 Å². The molecule has 0 spiro atoms. The number of unbranched alkanes of at least 4 members (excludes halogenated alkanes) is 1. The van der Waals surface area contributed by atoms with E-state index in [9.17, 15) is 62.3 Å². The zero-order valence-corrected chi connectivity index (χ0v) is 35.7. The van der Waals surface area contributed by atoms with Gasteiger partial charge in [-0.15, -0.1) is 0 Å². The minimum Gasteiger partial charge on any atom is -0.481 e. The van der Waals surface area contributed by atoms with Gasteiger partial charge in [-0.3, -0.25) is 28.8 Å². The van der Waals surface area contributed by atoms with Crippen LogP contribution in [0.25, 0.3) is 0 Å². The molecule has 2 aromatic carbocycles. The molecule has 0 amide bonds. The molecule has 2 rings (SSSR count). The van der Waals surface area contributed by atoms with E-state index in [-0.39, 0.29) is 43.2 Å². The number of carboxylic acids is 13. The van der Waals surface area contributed by atoms with Crippen molar-refractivity contribution in [1.82, 2.24) is 0 Å². The Morgan fingerprint density at radius 1 is 0.406 bits per heavy atom. The van der Waals surface area contributed by atoms with Crippen molar-refractivity contribution in [1.29, 1.82) is 0 Å². The highest BCUT2D eigenvalue weighted by Crippen LogP contribution is 2.15. The number of aliphatic carboxylic acids is 10. The highest BCUT2D eigenvalue weighted by Gasteiger charge is 2.40. The first kappa shape index (κ1) is 69.4. The number of hydrogen-bond donors (Lipinski definition) is 17. The number of aliphatic hydroxyl groups excluding tert-OH is 3. The fourth-order valence-corrected chi connectivity index (χ4v) is 3.36. The number of aliphatic hydroxyl groups is 4. The Morgan fingerprint density at radius 2 is 0.681 bits per heavy atom. The van der Waals surface area contributed by atoms with Gasteiger partial charge in [-0.05, 0) is 50.5 Å². The lowest BCUT2D eigenvalue weighted by Crippen LogP contribution is -2.42. The van der Waals surface area contributed by atoms with Crippen LogP contribution in [0.15, 0.2) is 54.6 Å². The average Bonchev–Trinajstić information content (AvgIpc) is 3.22. The standard InChI is InChI=1S/C8H6O4.C7H6O2.C6H8O7.C6H10O4.C5H8O4.C4H6O6.C3H6O3/c9-7(10)5-3-1-2-4-6(5)8(11)12;8-7(9)6-4-2-1-3-5-6;7-3(8)1-6(13,5(11)12)2-4(9)10;7-5(8)3-1-2-4-6(9)10;6-4(7)2-1-3-5(8)9;5-1(3(7)8)2(6)4(9)10;1-2(4)3(5)6/h1-4H,(H,9,10)(H,11,12);1-5H,(H,8,9);13H,1-2H2,(H,7,8)(H,9,10)(H,11,12);1-4H2,(H,7,8)(H,9,10);1-3H2,(H,6,7)(H,8,9);1-2,5-6H,(H,7,8)(H,9,10);2,4H,1H3,(H,5,6). The Kier molecular flexibility index (Phi) is 38.9. The van der Waals surface area contributed by atoms with E-state index in [0.29, 0.717) is 18.4 Å². The van der Waals surface area contributed by atoms with Crippen molar-refractivity contribution >= 4 is 77.6 Å². The summed E-state index contributed by atoms with van der Waals surface area (Å²) in [5.74, 6) is -16.7. The van der Waals surface area contributed by atoms with E-state index >= 15 is 0 Å². The maximum atomic E-state index is 10.5. The molecular formula is C39H50O30. The monoisotopic (exact) mass is 998 g/mol. The van der Waals surface area contributed by atoms with Crippen LogP contribution in [0.5, 0.6) is 0 Å². The van der Waals surface area contributed by atoms with Gasteiger partial charge in [0.15, 0.2) is 17.8 Å². The van der Waals surface area contributed by atoms with Gasteiger partial charge in [-0.2, -0.15) is 0 Å². The first-order valence-corrected chi connectivity index (χ1v) is 18.4. The molecule has 3 atom stereocenters. The molecule has 0 bridgehead atoms. The van der Waals surface area contributed by atoms with Crippen molar-refractivity contribution in [2.75, 3.05) is 0 Å². The lowest BCUT2D eigenvalue weighted by atomic mass is 9.96. The molecule has 0 aliphatic carbocycles. The van der Waals surface area contributed by atoms with Crippen LogP contribution in [0, 0.1) is 0 Å². The predicted octanol–water partition coefficient (Wildman–Crippen LogP) is -0.410. The Balaban J connectivity index is -0.000000233. The Morgan fingerprint density at radius 3 is 0.870 bits per heavy atom. The maximum absolute atomic E-state index is 10.5. The van der Waals surface area contributed by atoms with Crippen molar-refractivity contribution in [2.24, 2.45) is 0 Å². The first-order valence-electron chi connectivity index (χ1n) is 18.4. The van der Waals surface area contributed by atoms with Crippen LogP contribution < -0.4 is 0 Å². The van der Waals surface area contributed by atoms with Crippen LogP contribution >= 0.6 is 0 Å². The van der Waals surface area contributed by atoms with Crippen LogP contribution in [-0.2, 0) is 47.9 Å².